The van der Waals surface area contributed by atoms with Crippen molar-refractivity contribution in [2.75, 3.05) is 0 Å². The van der Waals surface area contributed by atoms with Gasteiger partial charge in [-0.3, -0.25) is 9.78 Å². The summed E-state index contributed by atoms with van der Waals surface area (Å²) in [5, 5.41) is 10.2. The van der Waals surface area contributed by atoms with Gasteiger partial charge in [0.1, 0.15) is 4.83 Å². The maximum Gasteiger partial charge on any atom is 0.303 e. The van der Waals surface area contributed by atoms with Crippen LogP contribution in [0.15, 0.2) is 24.5 Å². The lowest BCUT2D eigenvalue weighted by molar-refractivity contribution is -0.137. The average molecular weight is 381 g/mol. The van der Waals surface area contributed by atoms with Gasteiger partial charge >= 0.3 is 5.97 Å². The number of aromatic nitrogens is 2. The zero-order chi connectivity index (χ0) is 18.8. The largest absolute Gasteiger partial charge is 0.481 e. The number of thiophene rings is 1. The normalized spacial score (nSPS) is 13.7. The van der Waals surface area contributed by atoms with E-state index in [1.54, 1.807) is 0 Å². The minimum absolute atomic E-state index is 0.227. The van der Waals surface area contributed by atoms with Gasteiger partial charge in [0.2, 0.25) is 0 Å². The second kappa shape index (κ2) is 7.77. The van der Waals surface area contributed by atoms with E-state index in [0.29, 0.717) is 6.42 Å². The van der Waals surface area contributed by atoms with Crippen LogP contribution in [0.3, 0.4) is 0 Å². The minimum atomic E-state index is -0.723. The summed E-state index contributed by atoms with van der Waals surface area (Å²) in [6.45, 7) is 2.09. The molecule has 4 nitrogen and oxygen atoms in total. The minimum Gasteiger partial charge on any atom is -0.481 e. The molecule has 0 amide bonds. The first-order chi connectivity index (χ1) is 13.1. The van der Waals surface area contributed by atoms with Crippen molar-refractivity contribution < 1.29 is 9.90 Å². The molecule has 0 fully saturated rings. The Balaban J connectivity index is 1.85. The third-order valence-electron chi connectivity index (χ3n) is 5.43. The molecule has 5 heteroatoms. The Bertz CT molecular complexity index is 979. The number of carbonyl (C=O) groups is 1. The Labute approximate surface area is 163 Å². The molecule has 140 valence electrons. The Morgan fingerprint density at radius 3 is 2.89 bits per heavy atom. The maximum atomic E-state index is 10.8. The molecule has 0 unspecified atom stereocenters. The lowest BCUT2D eigenvalue weighted by Gasteiger charge is -2.17. The van der Waals surface area contributed by atoms with E-state index in [1.165, 1.54) is 39.8 Å². The summed E-state index contributed by atoms with van der Waals surface area (Å²) in [6, 6.07) is 4.12. The number of nitrogens with zero attached hydrogens (tertiary/aromatic N) is 2. The van der Waals surface area contributed by atoms with Gasteiger partial charge in [-0.05, 0) is 74.6 Å². The van der Waals surface area contributed by atoms with Gasteiger partial charge in [-0.1, -0.05) is 6.07 Å². The van der Waals surface area contributed by atoms with Crippen LogP contribution in [0.4, 0.5) is 0 Å². The molecule has 0 saturated carbocycles. The fraction of sp³-hybridized carbons (Fsp3) is 0.409. The van der Waals surface area contributed by atoms with E-state index in [9.17, 15) is 4.79 Å². The van der Waals surface area contributed by atoms with Crippen LogP contribution in [0.1, 0.15) is 53.8 Å². The van der Waals surface area contributed by atoms with E-state index >= 15 is 0 Å². The SMILES string of the molecule is Cc1nc2sc3c(c2c(-c2cccnc2)c1CCCCC(=O)O)CCCC3. The van der Waals surface area contributed by atoms with Crippen LogP contribution in [-0.2, 0) is 24.1 Å². The average Bonchev–Trinajstić information content (AvgIpc) is 3.03. The smallest absolute Gasteiger partial charge is 0.303 e. The quantitative estimate of drug-likeness (QED) is 0.586. The summed E-state index contributed by atoms with van der Waals surface area (Å²) in [5.41, 5.74) is 6.23. The number of fused-ring (bicyclic) bond motifs is 3. The second-order valence-electron chi connectivity index (χ2n) is 7.28. The molecular formula is C22H24N2O2S. The molecule has 0 atom stereocenters. The molecule has 0 aliphatic heterocycles. The number of hydrogen-bond donors (Lipinski definition) is 1. The number of hydrogen-bond acceptors (Lipinski definition) is 4. The van der Waals surface area contributed by atoms with Crippen LogP contribution in [-0.4, -0.2) is 21.0 Å². The van der Waals surface area contributed by atoms with Crippen LogP contribution in [0.25, 0.3) is 21.3 Å². The number of rotatable bonds is 6. The van der Waals surface area contributed by atoms with Crippen LogP contribution < -0.4 is 0 Å². The van der Waals surface area contributed by atoms with Crippen molar-refractivity contribution in [3.63, 3.8) is 0 Å². The summed E-state index contributed by atoms with van der Waals surface area (Å²) in [7, 11) is 0. The molecule has 1 aliphatic rings. The van der Waals surface area contributed by atoms with Crippen LogP contribution in [0.5, 0.6) is 0 Å². The zero-order valence-electron chi connectivity index (χ0n) is 15.6. The first kappa shape index (κ1) is 18.1. The van der Waals surface area contributed by atoms with Crippen molar-refractivity contribution in [1.29, 1.82) is 0 Å². The van der Waals surface area contributed by atoms with Gasteiger partial charge in [0, 0.05) is 40.3 Å². The molecule has 3 aromatic heterocycles. The molecule has 3 aromatic rings. The number of aliphatic carboxylic acids is 1. The van der Waals surface area contributed by atoms with Gasteiger partial charge in [0.25, 0.3) is 0 Å². The Morgan fingerprint density at radius 2 is 2.11 bits per heavy atom. The lowest BCUT2D eigenvalue weighted by atomic mass is 9.89. The molecule has 0 bridgehead atoms. The highest BCUT2D eigenvalue weighted by molar-refractivity contribution is 7.19. The molecule has 1 N–H and O–H groups in total. The monoisotopic (exact) mass is 380 g/mol. The maximum absolute atomic E-state index is 10.8. The first-order valence-electron chi connectivity index (χ1n) is 9.71. The lowest BCUT2D eigenvalue weighted by Crippen LogP contribution is -2.03. The van der Waals surface area contributed by atoms with E-state index in [-0.39, 0.29) is 6.42 Å². The fourth-order valence-corrected chi connectivity index (χ4v) is 5.47. The standard InChI is InChI=1S/C22H24N2O2S/c1-14-16(8-3-5-11-19(25)26)20(15-7-6-12-23-13-15)21-17-9-2-4-10-18(17)27-22(21)24-14/h6-7,12-13H,2-5,8-11H2,1H3,(H,25,26). The number of unbranched alkanes of at least 4 members (excludes halogenated alkanes) is 1. The number of pyridine rings is 2. The van der Waals surface area contributed by atoms with Gasteiger partial charge in [0.05, 0.1) is 0 Å². The second-order valence-corrected chi connectivity index (χ2v) is 8.37. The third-order valence-corrected chi connectivity index (χ3v) is 6.61. The van der Waals surface area contributed by atoms with Crippen molar-refractivity contribution in [1.82, 2.24) is 9.97 Å². The number of carboxylic acid groups (broad SMARTS) is 1. The van der Waals surface area contributed by atoms with Crippen LogP contribution in [0.2, 0.25) is 0 Å². The molecule has 0 aromatic carbocycles. The highest BCUT2D eigenvalue weighted by Gasteiger charge is 2.23. The number of carboxylic acids is 1. The first-order valence-corrected chi connectivity index (χ1v) is 10.5. The van der Waals surface area contributed by atoms with E-state index < -0.39 is 5.97 Å². The van der Waals surface area contributed by atoms with E-state index in [1.807, 2.05) is 29.8 Å². The summed E-state index contributed by atoms with van der Waals surface area (Å²) in [4.78, 5) is 22.8. The van der Waals surface area contributed by atoms with Crippen LogP contribution >= 0.6 is 11.3 Å². The Kier molecular flexibility index (Phi) is 5.21. The molecule has 0 spiro atoms. The van der Waals surface area contributed by atoms with Crippen molar-refractivity contribution >= 4 is 27.5 Å². The summed E-state index contributed by atoms with van der Waals surface area (Å²) >= 11 is 1.85. The van der Waals surface area contributed by atoms with Crippen molar-refractivity contribution in [3.05, 3.63) is 46.2 Å². The summed E-state index contributed by atoms with van der Waals surface area (Å²) < 4.78 is 0. The summed E-state index contributed by atoms with van der Waals surface area (Å²) in [5.74, 6) is -0.723. The van der Waals surface area contributed by atoms with Crippen molar-refractivity contribution in [2.45, 2.75) is 58.3 Å². The van der Waals surface area contributed by atoms with Gasteiger partial charge in [-0.2, -0.15) is 0 Å². The predicted octanol–water partition coefficient (Wildman–Crippen LogP) is 5.34. The summed E-state index contributed by atoms with van der Waals surface area (Å²) in [6.07, 6.45) is 11.2. The molecule has 4 rings (SSSR count). The van der Waals surface area contributed by atoms with Crippen molar-refractivity contribution in [2.24, 2.45) is 0 Å². The van der Waals surface area contributed by atoms with E-state index in [2.05, 4.69) is 18.0 Å². The van der Waals surface area contributed by atoms with Crippen molar-refractivity contribution in [3.8, 4) is 11.1 Å². The molecule has 3 heterocycles. The molecule has 1 aliphatic carbocycles. The zero-order valence-corrected chi connectivity index (χ0v) is 16.4. The van der Waals surface area contributed by atoms with E-state index in [4.69, 9.17) is 10.1 Å². The molecule has 0 saturated heterocycles. The van der Waals surface area contributed by atoms with Gasteiger partial charge in [-0.25, -0.2) is 4.98 Å². The predicted molar refractivity (Wildman–Crippen MR) is 109 cm³/mol. The molecule has 27 heavy (non-hydrogen) atoms. The van der Waals surface area contributed by atoms with Gasteiger partial charge in [-0.15, -0.1) is 11.3 Å². The fourth-order valence-electron chi connectivity index (χ4n) is 4.15. The van der Waals surface area contributed by atoms with Gasteiger partial charge in [0.15, 0.2) is 0 Å². The van der Waals surface area contributed by atoms with Gasteiger partial charge < -0.3 is 5.11 Å². The Hall–Kier alpha value is -2.27. The Morgan fingerprint density at radius 1 is 1.26 bits per heavy atom. The third kappa shape index (κ3) is 3.61. The van der Waals surface area contributed by atoms with E-state index in [0.717, 1.165) is 41.8 Å². The van der Waals surface area contributed by atoms with Crippen LogP contribution in [0, 0.1) is 6.92 Å². The molecular weight excluding hydrogens is 356 g/mol. The highest BCUT2D eigenvalue weighted by atomic mass is 32.1. The number of aryl methyl sites for hydroxylation is 3. The highest BCUT2D eigenvalue weighted by Crippen LogP contribution is 2.43. The topological polar surface area (TPSA) is 63.1 Å². The molecule has 0 radical (unpaired) electrons.